The van der Waals surface area contributed by atoms with Crippen molar-refractivity contribution in [3.05, 3.63) is 59.7 Å². The molecule has 0 saturated carbocycles. The van der Waals surface area contributed by atoms with Crippen molar-refractivity contribution in [2.24, 2.45) is 9.98 Å². The Hall–Kier alpha value is -2.66. The van der Waals surface area contributed by atoms with Gasteiger partial charge in [-0.2, -0.15) is 0 Å². The Morgan fingerprint density at radius 3 is 1.33 bits per heavy atom. The van der Waals surface area contributed by atoms with Crippen LogP contribution in [0.4, 0.5) is 0 Å². The van der Waals surface area contributed by atoms with Crippen LogP contribution >= 0.6 is 0 Å². The number of nitrogens with zero attached hydrogens (tertiary/aromatic N) is 2. The Morgan fingerprint density at radius 2 is 0.923 bits per heavy atom. The number of unbranched alkanes of at least 4 members (excludes halogenated alkanes) is 10. The summed E-state index contributed by atoms with van der Waals surface area (Å²) >= 11 is 0. The maximum atomic E-state index is 5.85. The molecule has 0 atom stereocenters. The fourth-order valence-corrected chi connectivity index (χ4v) is 4.20. The second kappa shape index (κ2) is 23.2. The minimum absolute atomic E-state index is 0.750. The molecule has 0 bridgehead atoms. The van der Waals surface area contributed by atoms with Gasteiger partial charge >= 0.3 is 0 Å². The lowest BCUT2D eigenvalue weighted by molar-refractivity contribution is 0.304. The quantitative estimate of drug-likeness (QED) is 0.109. The predicted molar refractivity (Wildman–Crippen MR) is 168 cm³/mol. The van der Waals surface area contributed by atoms with E-state index < -0.39 is 0 Å². The predicted octanol–water partition coefficient (Wildman–Crippen LogP) is 8.29. The molecule has 0 heterocycles. The van der Waals surface area contributed by atoms with Crippen LogP contribution < -0.4 is 14.8 Å². The van der Waals surface area contributed by atoms with E-state index in [1.165, 1.54) is 64.2 Å². The van der Waals surface area contributed by atoms with Crippen LogP contribution in [0, 0.1) is 0 Å². The molecule has 5 nitrogen and oxygen atoms in total. The van der Waals surface area contributed by atoms with Gasteiger partial charge in [-0.05, 0) is 72.5 Å². The van der Waals surface area contributed by atoms with Gasteiger partial charge in [-0.3, -0.25) is 9.98 Å². The van der Waals surface area contributed by atoms with E-state index in [2.05, 4.69) is 53.4 Å². The molecule has 5 heteroatoms. The number of ether oxygens (including phenoxy) is 2. The number of benzene rings is 2. The Kier molecular flexibility index (Phi) is 19.4. The molecule has 0 aliphatic heterocycles. The Labute approximate surface area is 238 Å². The molecular weight excluding hydrogens is 482 g/mol. The molecule has 0 fully saturated rings. The number of hydrogen-bond donors (Lipinski definition) is 1. The molecular formula is C34H53N3O2. The zero-order valence-electron chi connectivity index (χ0n) is 24.7. The normalized spacial score (nSPS) is 11.5. The van der Waals surface area contributed by atoms with Gasteiger partial charge in [0.1, 0.15) is 11.5 Å². The van der Waals surface area contributed by atoms with E-state index in [9.17, 15) is 0 Å². The van der Waals surface area contributed by atoms with E-state index in [-0.39, 0.29) is 0 Å². The van der Waals surface area contributed by atoms with Crippen molar-refractivity contribution in [2.45, 2.75) is 90.9 Å². The summed E-state index contributed by atoms with van der Waals surface area (Å²) in [5, 5.41) is 3.40. The molecule has 2 aromatic carbocycles. The number of aliphatic imine (C=N–C) groups is 2. The largest absolute Gasteiger partial charge is 0.494 e. The van der Waals surface area contributed by atoms with Crippen LogP contribution in [0.15, 0.2) is 58.5 Å². The summed E-state index contributed by atoms with van der Waals surface area (Å²) in [6, 6.07) is 16.4. The third-order valence-electron chi connectivity index (χ3n) is 6.61. The lowest BCUT2D eigenvalue weighted by Crippen LogP contribution is -2.20. The first kappa shape index (κ1) is 32.6. The summed E-state index contributed by atoms with van der Waals surface area (Å²) in [5.74, 6) is 1.88. The van der Waals surface area contributed by atoms with Gasteiger partial charge in [0.05, 0.1) is 26.3 Å². The van der Waals surface area contributed by atoms with Crippen molar-refractivity contribution in [2.75, 3.05) is 39.4 Å². The zero-order valence-corrected chi connectivity index (χ0v) is 24.7. The molecule has 0 saturated heterocycles. The number of hydrogen-bond acceptors (Lipinski definition) is 5. The van der Waals surface area contributed by atoms with Crippen LogP contribution in [0.25, 0.3) is 0 Å². The highest BCUT2D eigenvalue weighted by Crippen LogP contribution is 2.14. The maximum absolute atomic E-state index is 5.85. The van der Waals surface area contributed by atoms with E-state index in [1.807, 2.05) is 36.7 Å². The van der Waals surface area contributed by atoms with Crippen LogP contribution in [0.3, 0.4) is 0 Å². The topological polar surface area (TPSA) is 55.2 Å². The first-order valence-corrected chi connectivity index (χ1v) is 15.5. The fourth-order valence-electron chi connectivity index (χ4n) is 4.20. The van der Waals surface area contributed by atoms with Gasteiger partial charge in [0.15, 0.2) is 0 Å². The lowest BCUT2D eigenvalue weighted by atomic mass is 10.1. The van der Waals surface area contributed by atoms with Gasteiger partial charge in [-0.1, -0.05) is 78.1 Å². The van der Waals surface area contributed by atoms with Gasteiger partial charge in [-0.15, -0.1) is 0 Å². The fraction of sp³-hybridized carbons (Fsp3) is 0.588. The molecule has 0 aliphatic carbocycles. The molecule has 0 aliphatic rings. The van der Waals surface area contributed by atoms with Crippen molar-refractivity contribution in [1.82, 2.24) is 5.32 Å². The van der Waals surface area contributed by atoms with Crippen molar-refractivity contribution >= 4 is 12.4 Å². The minimum Gasteiger partial charge on any atom is -0.494 e. The lowest BCUT2D eigenvalue weighted by Gasteiger charge is -2.06. The molecule has 0 radical (unpaired) electrons. The van der Waals surface area contributed by atoms with Crippen LogP contribution in [0.2, 0.25) is 0 Å². The SMILES string of the molecule is CCCCCCCCOc1ccc(C=NCCNCCN=Cc2ccc(OCCCCCCCC)cc2)cc1. The highest BCUT2D eigenvalue weighted by Gasteiger charge is 1.97. The summed E-state index contributed by atoms with van der Waals surface area (Å²) in [5.41, 5.74) is 2.20. The molecule has 216 valence electrons. The summed E-state index contributed by atoms with van der Waals surface area (Å²) in [7, 11) is 0. The molecule has 0 spiro atoms. The van der Waals surface area contributed by atoms with Gasteiger partial charge in [0.2, 0.25) is 0 Å². The van der Waals surface area contributed by atoms with Crippen LogP contribution in [0.5, 0.6) is 11.5 Å². The minimum atomic E-state index is 0.750. The highest BCUT2D eigenvalue weighted by atomic mass is 16.5. The molecule has 0 aromatic heterocycles. The van der Waals surface area contributed by atoms with Gasteiger partial charge in [-0.25, -0.2) is 0 Å². The Balaban J connectivity index is 1.47. The summed E-state index contributed by atoms with van der Waals surface area (Å²) < 4.78 is 11.7. The summed E-state index contributed by atoms with van der Waals surface area (Å²) in [6.45, 7) is 9.29. The molecule has 2 aromatic rings. The first-order chi connectivity index (χ1) is 19.3. The van der Waals surface area contributed by atoms with Crippen molar-refractivity contribution in [3.63, 3.8) is 0 Å². The smallest absolute Gasteiger partial charge is 0.119 e. The Morgan fingerprint density at radius 1 is 0.538 bits per heavy atom. The maximum Gasteiger partial charge on any atom is 0.119 e. The molecule has 0 unspecified atom stereocenters. The second-order valence-electron chi connectivity index (χ2n) is 10.2. The molecule has 2 rings (SSSR count). The van der Waals surface area contributed by atoms with Crippen LogP contribution in [-0.2, 0) is 0 Å². The van der Waals surface area contributed by atoms with E-state index >= 15 is 0 Å². The first-order valence-electron chi connectivity index (χ1n) is 15.5. The summed E-state index contributed by atoms with van der Waals surface area (Å²) in [6.07, 6.45) is 19.3. The van der Waals surface area contributed by atoms with Gasteiger partial charge < -0.3 is 14.8 Å². The van der Waals surface area contributed by atoms with E-state index in [0.717, 1.165) is 74.9 Å². The van der Waals surface area contributed by atoms with Crippen LogP contribution in [-0.4, -0.2) is 51.8 Å². The van der Waals surface area contributed by atoms with E-state index in [0.29, 0.717) is 0 Å². The zero-order chi connectivity index (χ0) is 27.6. The second-order valence-corrected chi connectivity index (χ2v) is 10.2. The van der Waals surface area contributed by atoms with Crippen LogP contribution in [0.1, 0.15) is 102 Å². The standard InChI is InChI=1S/C34H53N3O2/c1-3-5-7-9-11-13-27-38-33-19-15-31(16-20-33)29-36-25-23-35-24-26-37-30-32-17-21-34(22-18-32)39-28-14-12-10-8-6-4-2/h15-22,29-30,35H,3-14,23-28H2,1-2H3. The van der Waals surface area contributed by atoms with Crippen molar-refractivity contribution in [3.8, 4) is 11.5 Å². The Bertz CT molecular complexity index is 805. The third-order valence-corrected chi connectivity index (χ3v) is 6.61. The van der Waals surface area contributed by atoms with Crippen molar-refractivity contribution in [1.29, 1.82) is 0 Å². The highest BCUT2D eigenvalue weighted by molar-refractivity contribution is 5.80. The third kappa shape index (κ3) is 17.5. The average molecular weight is 536 g/mol. The monoisotopic (exact) mass is 535 g/mol. The average Bonchev–Trinajstić information content (AvgIpc) is 2.97. The van der Waals surface area contributed by atoms with E-state index in [1.54, 1.807) is 0 Å². The molecule has 39 heavy (non-hydrogen) atoms. The number of rotatable bonds is 24. The van der Waals surface area contributed by atoms with Crippen molar-refractivity contribution < 1.29 is 9.47 Å². The number of nitrogens with one attached hydrogen (secondary N) is 1. The van der Waals surface area contributed by atoms with Gasteiger partial charge in [0, 0.05) is 25.5 Å². The molecule has 0 amide bonds. The molecule has 1 N–H and O–H groups in total. The van der Waals surface area contributed by atoms with Gasteiger partial charge in [0.25, 0.3) is 0 Å². The van der Waals surface area contributed by atoms with E-state index in [4.69, 9.17) is 9.47 Å². The summed E-state index contributed by atoms with van der Waals surface area (Å²) in [4.78, 5) is 9.04.